The summed E-state index contributed by atoms with van der Waals surface area (Å²) in [5.74, 6) is 0.806. The Morgan fingerprint density at radius 3 is 2.76 bits per heavy atom. The Hall–Kier alpha value is -0.880. The first kappa shape index (κ1) is 14.2. The molecule has 94 valence electrons. The van der Waals surface area contributed by atoms with Gasteiger partial charge in [-0.15, -0.1) is 0 Å². The van der Waals surface area contributed by atoms with Gasteiger partial charge >= 0.3 is 5.97 Å². The van der Waals surface area contributed by atoms with Crippen molar-refractivity contribution in [3.63, 3.8) is 0 Å². The molecular formula is C11H13BrO4S. The largest absolute Gasteiger partial charge is 0.493 e. The number of hydrogen-bond acceptors (Lipinski definition) is 4. The minimum absolute atomic E-state index is 0.158. The van der Waals surface area contributed by atoms with Crippen LogP contribution >= 0.6 is 27.7 Å². The Balaban J connectivity index is 2.99. The van der Waals surface area contributed by atoms with E-state index in [1.54, 1.807) is 11.8 Å². The lowest BCUT2D eigenvalue weighted by Gasteiger charge is -2.12. The normalized spacial score (nSPS) is 10.1. The van der Waals surface area contributed by atoms with E-state index >= 15 is 0 Å². The van der Waals surface area contributed by atoms with E-state index in [0.29, 0.717) is 22.6 Å². The molecule has 0 radical (unpaired) electrons. The topological polar surface area (TPSA) is 55.8 Å². The Morgan fingerprint density at radius 1 is 1.53 bits per heavy atom. The van der Waals surface area contributed by atoms with Crippen LogP contribution in [0.25, 0.3) is 0 Å². The van der Waals surface area contributed by atoms with E-state index in [0.717, 1.165) is 5.75 Å². The summed E-state index contributed by atoms with van der Waals surface area (Å²) >= 11 is 4.96. The first-order valence-electron chi connectivity index (χ1n) is 4.82. The van der Waals surface area contributed by atoms with Gasteiger partial charge in [-0.05, 0) is 34.3 Å². The summed E-state index contributed by atoms with van der Waals surface area (Å²) in [6, 6.07) is 2.95. The van der Waals surface area contributed by atoms with Crippen molar-refractivity contribution < 1.29 is 19.4 Å². The second-order valence-electron chi connectivity index (χ2n) is 3.14. The molecule has 0 bridgehead atoms. The number of carboxylic acids is 1. The fourth-order valence-corrected chi connectivity index (χ4v) is 2.02. The van der Waals surface area contributed by atoms with Crippen LogP contribution in [0.15, 0.2) is 16.6 Å². The molecule has 6 heteroatoms. The van der Waals surface area contributed by atoms with Crippen LogP contribution in [-0.2, 0) is 0 Å². The highest BCUT2D eigenvalue weighted by molar-refractivity contribution is 9.10. The van der Waals surface area contributed by atoms with Gasteiger partial charge in [0, 0.05) is 5.75 Å². The molecule has 0 saturated heterocycles. The predicted octanol–water partition coefficient (Wildman–Crippen LogP) is 2.90. The highest BCUT2D eigenvalue weighted by atomic mass is 79.9. The Labute approximate surface area is 112 Å². The average molecular weight is 321 g/mol. The van der Waals surface area contributed by atoms with Gasteiger partial charge in [0.15, 0.2) is 11.5 Å². The van der Waals surface area contributed by atoms with E-state index in [1.807, 2.05) is 6.26 Å². The van der Waals surface area contributed by atoms with Crippen molar-refractivity contribution >= 4 is 33.7 Å². The maximum absolute atomic E-state index is 10.9. The number of rotatable bonds is 6. The first-order chi connectivity index (χ1) is 8.10. The number of hydrogen-bond donors (Lipinski definition) is 1. The molecule has 0 saturated carbocycles. The van der Waals surface area contributed by atoms with E-state index < -0.39 is 5.97 Å². The molecule has 1 N–H and O–H groups in total. The lowest BCUT2D eigenvalue weighted by Crippen LogP contribution is -2.04. The number of benzene rings is 1. The monoisotopic (exact) mass is 320 g/mol. The lowest BCUT2D eigenvalue weighted by atomic mass is 10.2. The summed E-state index contributed by atoms with van der Waals surface area (Å²) in [5.41, 5.74) is 0.158. The van der Waals surface area contributed by atoms with Gasteiger partial charge in [0.25, 0.3) is 0 Å². The molecule has 0 fully saturated rings. The minimum Gasteiger partial charge on any atom is -0.493 e. The third-order valence-corrected chi connectivity index (χ3v) is 3.17. The van der Waals surface area contributed by atoms with Crippen LogP contribution < -0.4 is 9.47 Å². The molecule has 0 aliphatic heterocycles. The molecule has 0 aliphatic rings. The SMILES string of the molecule is COc1cc(C(=O)O)cc(Br)c1OCCSC. The van der Waals surface area contributed by atoms with Crippen molar-refractivity contribution in [1.82, 2.24) is 0 Å². The molecule has 0 aromatic heterocycles. The number of carbonyl (C=O) groups is 1. The van der Waals surface area contributed by atoms with E-state index in [1.165, 1.54) is 19.2 Å². The highest BCUT2D eigenvalue weighted by Gasteiger charge is 2.14. The standard InChI is InChI=1S/C11H13BrO4S/c1-15-9-6-7(11(13)14)5-8(12)10(9)16-3-4-17-2/h5-6H,3-4H2,1-2H3,(H,13,14). The summed E-state index contributed by atoms with van der Waals surface area (Å²) in [6.07, 6.45) is 1.99. The number of aromatic carboxylic acids is 1. The Bertz CT molecular complexity index is 409. The second-order valence-corrected chi connectivity index (χ2v) is 4.98. The summed E-state index contributed by atoms with van der Waals surface area (Å²) in [6.45, 7) is 0.544. The second kappa shape index (κ2) is 6.76. The van der Waals surface area contributed by atoms with Crippen LogP contribution in [0.4, 0.5) is 0 Å². The number of carboxylic acid groups (broad SMARTS) is 1. The number of halogens is 1. The van der Waals surface area contributed by atoms with E-state index in [2.05, 4.69) is 15.9 Å². The molecular weight excluding hydrogens is 308 g/mol. The van der Waals surface area contributed by atoms with Crippen LogP contribution in [0.3, 0.4) is 0 Å². The molecule has 17 heavy (non-hydrogen) atoms. The van der Waals surface area contributed by atoms with Crippen LogP contribution in [-0.4, -0.2) is 36.8 Å². The molecule has 0 spiro atoms. The molecule has 1 rings (SSSR count). The fourth-order valence-electron chi connectivity index (χ4n) is 1.21. The molecule has 1 aromatic carbocycles. The molecule has 4 nitrogen and oxygen atoms in total. The van der Waals surface area contributed by atoms with Crippen LogP contribution in [0, 0.1) is 0 Å². The number of thioether (sulfide) groups is 1. The zero-order valence-corrected chi connectivity index (χ0v) is 11.9. The van der Waals surface area contributed by atoms with Crippen molar-refractivity contribution in [3.05, 3.63) is 22.2 Å². The van der Waals surface area contributed by atoms with Gasteiger partial charge in [-0.1, -0.05) is 0 Å². The van der Waals surface area contributed by atoms with Gasteiger partial charge in [0.1, 0.15) is 0 Å². The van der Waals surface area contributed by atoms with E-state index in [9.17, 15) is 4.79 Å². The molecule has 0 atom stereocenters. The third-order valence-electron chi connectivity index (χ3n) is 2.01. The summed E-state index contributed by atoms with van der Waals surface area (Å²) in [5, 5.41) is 8.91. The number of ether oxygens (including phenoxy) is 2. The quantitative estimate of drug-likeness (QED) is 0.817. The van der Waals surface area contributed by atoms with Crippen LogP contribution in [0.2, 0.25) is 0 Å². The third kappa shape index (κ3) is 3.81. The molecule has 0 heterocycles. The molecule has 1 aromatic rings. The van der Waals surface area contributed by atoms with Gasteiger partial charge < -0.3 is 14.6 Å². The average Bonchev–Trinajstić information content (AvgIpc) is 2.30. The van der Waals surface area contributed by atoms with Gasteiger partial charge in [-0.25, -0.2) is 4.79 Å². The van der Waals surface area contributed by atoms with Gasteiger partial charge in [0.2, 0.25) is 0 Å². The fraction of sp³-hybridized carbons (Fsp3) is 0.364. The Kier molecular flexibility index (Phi) is 5.64. The van der Waals surface area contributed by atoms with Crippen molar-refractivity contribution in [2.24, 2.45) is 0 Å². The van der Waals surface area contributed by atoms with Crippen LogP contribution in [0.5, 0.6) is 11.5 Å². The Morgan fingerprint density at radius 2 is 2.24 bits per heavy atom. The van der Waals surface area contributed by atoms with Crippen LogP contribution in [0.1, 0.15) is 10.4 Å². The highest BCUT2D eigenvalue weighted by Crippen LogP contribution is 2.36. The van der Waals surface area contributed by atoms with Crippen molar-refractivity contribution in [2.75, 3.05) is 25.7 Å². The summed E-state index contributed by atoms with van der Waals surface area (Å²) < 4.78 is 11.2. The van der Waals surface area contributed by atoms with Crippen molar-refractivity contribution in [2.45, 2.75) is 0 Å². The molecule has 0 unspecified atom stereocenters. The molecule has 0 amide bonds. The number of methoxy groups -OCH3 is 1. The predicted molar refractivity (Wildman–Crippen MR) is 71.5 cm³/mol. The maximum atomic E-state index is 10.9. The maximum Gasteiger partial charge on any atom is 0.335 e. The summed E-state index contributed by atoms with van der Waals surface area (Å²) in [4.78, 5) is 10.9. The van der Waals surface area contributed by atoms with E-state index in [4.69, 9.17) is 14.6 Å². The first-order valence-corrected chi connectivity index (χ1v) is 7.01. The zero-order chi connectivity index (χ0) is 12.8. The van der Waals surface area contributed by atoms with Gasteiger partial charge in [0.05, 0.1) is 23.8 Å². The van der Waals surface area contributed by atoms with Gasteiger partial charge in [-0.2, -0.15) is 11.8 Å². The van der Waals surface area contributed by atoms with Gasteiger partial charge in [-0.3, -0.25) is 0 Å². The summed E-state index contributed by atoms with van der Waals surface area (Å²) in [7, 11) is 1.48. The van der Waals surface area contributed by atoms with Crippen molar-refractivity contribution in [1.29, 1.82) is 0 Å². The lowest BCUT2D eigenvalue weighted by molar-refractivity contribution is 0.0696. The van der Waals surface area contributed by atoms with E-state index in [-0.39, 0.29) is 5.56 Å². The minimum atomic E-state index is -1.00. The van der Waals surface area contributed by atoms with Crippen molar-refractivity contribution in [3.8, 4) is 11.5 Å². The molecule has 0 aliphatic carbocycles. The zero-order valence-electron chi connectivity index (χ0n) is 9.53. The smallest absolute Gasteiger partial charge is 0.335 e.